The van der Waals surface area contributed by atoms with E-state index in [1.165, 1.54) is 32.1 Å². The Morgan fingerprint density at radius 3 is 2.38 bits per heavy atom. The second kappa shape index (κ2) is 11.8. The molecule has 11 heteroatoms. The van der Waals surface area contributed by atoms with Crippen LogP contribution in [0.2, 0.25) is 5.02 Å². The summed E-state index contributed by atoms with van der Waals surface area (Å²) < 4.78 is 17.4. The molecule has 0 bridgehead atoms. The van der Waals surface area contributed by atoms with Gasteiger partial charge < -0.3 is 14.2 Å². The van der Waals surface area contributed by atoms with Crippen molar-refractivity contribution >= 4 is 46.4 Å². The number of amides is 1. The molecule has 3 aromatic carbocycles. The molecule has 1 amide bonds. The number of carbonyl (C=O) groups excluding carboxylic acids is 1. The number of aromatic nitrogens is 2. The van der Waals surface area contributed by atoms with Crippen LogP contribution in [0.5, 0.6) is 17.2 Å². The Bertz CT molecular complexity index is 1500. The van der Waals surface area contributed by atoms with Gasteiger partial charge >= 0.3 is 0 Å². The number of para-hydroxylation sites is 1. The summed E-state index contributed by atoms with van der Waals surface area (Å²) in [7, 11) is 4.55. The number of nitrogens with zero attached hydrogens (tertiary/aromatic N) is 3. The third-order valence-corrected chi connectivity index (χ3v) is 6.44. The van der Waals surface area contributed by atoms with Gasteiger partial charge in [0.1, 0.15) is 0 Å². The first kappa shape index (κ1) is 26.1. The predicted octanol–water partition coefficient (Wildman–Crippen LogP) is 4.31. The van der Waals surface area contributed by atoms with Crippen LogP contribution in [0, 0.1) is 0 Å². The number of thioether (sulfide) groups is 1. The lowest BCUT2D eigenvalue weighted by molar-refractivity contribution is -0.118. The lowest BCUT2D eigenvalue weighted by Gasteiger charge is -2.13. The van der Waals surface area contributed by atoms with Gasteiger partial charge in [0.05, 0.1) is 49.9 Å². The van der Waals surface area contributed by atoms with Gasteiger partial charge in [-0.05, 0) is 48.5 Å². The highest BCUT2D eigenvalue weighted by atomic mass is 35.5. The molecule has 0 unspecified atom stereocenters. The minimum Gasteiger partial charge on any atom is -0.493 e. The molecule has 0 saturated carbocycles. The van der Waals surface area contributed by atoms with E-state index < -0.39 is 0 Å². The summed E-state index contributed by atoms with van der Waals surface area (Å²) in [6, 6.07) is 17.3. The summed E-state index contributed by atoms with van der Waals surface area (Å²) in [4.78, 5) is 30.5. The summed E-state index contributed by atoms with van der Waals surface area (Å²) in [5, 5.41) is 5.41. The van der Waals surface area contributed by atoms with Crippen molar-refractivity contribution < 1.29 is 19.0 Å². The number of ether oxygens (including phenoxy) is 3. The van der Waals surface area contributed by atoms with Gasteiger partial charge in [-0.25, -0.2) is 10.4 Å². The van der Waals surface area contributed by atoms with Crippen molar-refractivity contribution in [2.75, 3.05) is 27.1 Å². The number of carbonyl (C=O) groups is 1. The molecule has 0 atom stereocenters. The zero-order chi connectivity index (χ0) is 26.4. The Balaban J connectivity index is 1.53. The Morgan fingerprint density at radius 1 is 1.05 bits per heavy atom. The lowest BCUT2D eigenvalue weighted by atomic mass is 10.2. The van der Waals surface area contributed by atoms with E-state index in [-0.39, 0.29) is 17.2 Å². The van der Waals surface area contributed by atoms with Crippen LogP contribution in [-0.4, -0.2) is 48.8 Å². The number of benzene rings is 3. The molecule has 1 aromatic heterocycles. The first-order valence-corrected chi connectivity index (χ1v) is 12.3. The van der Waals surface area contributed by atoms with Crippen molar-refractivity contribution in [2.45, 2.75) is 5.16 Å². The maximum Gasteiger partial charge on any atom is 0.266 e. The maximum absolute atomic E-state index is 13.3. The minimum absolute atomic E-state index is 0.0229. The molecule has 0 spiro atoms. The van der Waals surface area contributed by atoms with Gasteiger partial charge in [-0.1, -0.05) is 35.5 Å². The van der Waals surface area contributed by atoms with Gasteiger partial charge in [-0.15, -0.1) is 0 Å². The van der Waals surface area contributed by atoms with Gasteiger partial charge in [0, 0.05) is 10.6 Å². The van der Waals surface area contributed by atoms with Crippen molar-refractivity contribution in [3.8, 4) is 22.9 Å². The number of methoxy groups -OCH3 is 3. The molecule has 0 radical (unpaired) electrons. The van der Waals surface area contributed by atoms with Crippen LogP contribution >= 0.6 is 23.4 Å². The maximum atomic E-state index is 13.3. The van der Waals surface area contributed by atoms with E-state index in [1.54, 1.807) is 60.7 Å². The SMILES string of the molecule is COc1cc(/C=N\NC(=O)CSc2nc3ccccc3c(=O)n2-c2ccc(Cl)cc2)cc(OC)c1OC. The number of hydrogen-bond donors (Lipinski definition) is 1. The Kier molecular flexibility index (Phi) is 8.32. The number of fused-ring (bicyclic) bond motifs is 1. The normalized spacial score (nSPS) is 11.0. The first-order chi connectivity index (χ1) is 17.9. The van der Waals surface area contributed by atoms with E-state index in [2.05, 4.69) is 15.5 Å². The zero-order valence-corrected chi connectivity index (χ0v) is 21.8. The van der Waals surface area contributed by atoms with Crippen molar-refractivity contribution in [3.05, 3.63) is 81.6 Å². The molecule has 1 N–H and O–H groups in total. The fourth-order valence-electron chi connectivity index (χ4n) is 3.54. The van der Waals surface area contributed by atoms with E-state index in [1.807, 2.05) is 0 Å². The summed E-state index contributed by atoms with van der Waals surface area (Å²) in [5.41, 5.74) is 4.02. The largest absolute Gasteiger partial charge is 0.493 e. The van der Waals surface area contributed by atoms with Crippen LogP contribution in [0.25, 0.3) is 16.6 Å². The molecule has 0 fully saturated rings. The number of halogens is 1. The highest BCUT2D eigenvalue weighted by Gasteiger charge is 2.15. The highest BCUT2D eigenvalue weighted by Crippen LogP contribution is 2.37. The van der Waals surface area contributed by atoms with Crippen molar-refractivity contribution in [1.29, 1.82) is 0 Å². The van der Waals surface area contributed by atoms with E-state index in [9.17, 15) is 9.59 Å². The number of hydrazone groups is 1. The average molecular weight is 539 g/mol. The van der Waals surface area contributed by atoms with Crippen molar-refractivity contribution in [1.82, 2.24) is 15.0 Å². The smallest absolute Gasteiger partial charge is 0.266 e. The van der Waals surface area contributed by atoms with Crippen LogP contribution < -0.4 is 25.2 Å². The van der Waals surface area contributed by atoms with E-state index >= 15 is 0 Å². The number of rotatable bonds is 9. The summed E-state index contributed by atoms with van der Waals surface area (Å²) in [6.07, 6.45) is 1.46. The van der Waals surface area contributed by atoms with Crippen LogP contribution in [0.15, 0.2) is 75.7 Å². The van der Waals surface area contributed by atoms with Gasteiger partial charge in [0.15, 0.2) is 16.7 Å². The Labute approximate surface area is 222 Å². The van der Waals surface area contributed by atoms with Crippen molar-refractivity contribution in [2.24, 2.45) is 5.10 Å². The van der Waals surface area contributed by atoms with Gasteiger partial charge in [-0.2, -0.15) is 5.10 Å². The Hall–Kier alpha value is -4.02. The standard InChI is InChI=1S/C26H23ClN4O5S/c1-34-21-12-16(13-22(35-2)24(21)36-3)14-28-30-23(32)15-37-26-29-20-7-5-4-6-19(20)25(33)31(26)18-10-8-17(27)9-11-18/h4-14H,15H2,1-3H3,(H,30,32)/b28-14-. The molecule has 37 heavy (non-hydrogen) atoms. The topological polar surface area (TPSA) is 104 Å². The third-order valence-electron chi connectivity index (χ3n) is 5.25. The van der Waals surface area contributed by atoms with Gasteiger partial charge in [0.25, 0.3) is 11.5 Å². The summed E-state index contributed by atoms with van der Waals surface area (Å²) >= 11 is 7.15. The molecule has 4 rings (SSSR count). The predicted molar refractivity (Wildman–Crippen MR) is 145 cm³/mol. The summed E-state index contributed by atoms with van der Waals surface area (Å²) in [6.45, 7) is 0. The quantitative estimate of drug-likeness (QED) is 0.146. The molecule has 190 valence electrons. The zero-order valence-electron chi connectivity index (χ0n) is 20.2. The van der Waals surface area contributed by atoms with Gasteiger partial charge in [-0.3, -0.25) is 14.2 Å². The fraction of sp³-hybridized carbons (Fsp3) is 0.154. The van der Waals surface area contributed by atoms with E-state index in [0.717, 1.165) is 11.8 Å². The molecular formula is C26H23ClN4O5S. The third kappa shape index (κ3) is 5.87. The summed E-state index contributed by atoms with van der Waals surface area (Å²) in [5.74, 6) is 0.988. The highest BCUT2D eigenvalue weighted by molar-refractivity contribution is 7.99. The minimum atomic E-state index is -0.376. The van der Waals surface area contributed by atoms with Crippen LogP contribution in [-0.2, 0) is 4.79 Å². The van der Waals surface area contributed by atoms with Crippen molar-refractivity contribution in [3.63, 3.8) is 0 Å². The molecule has 4 aromatic rings. The molecular weight excluding hydrogens is 516 g/mol. The second-order valence-electron chi connectivity index (χ2n) is 7.57. The molecule has 0 aliphatic carbocycles. The molecule has 1 heterocycles. The molecule has 0 saturated heterocycles. The fourth-order valence-corrected chi connectivity index (χ4v) is 4.48. The molecule has 0 aliphatic rings. The second-order valence-corrected chi connectivity index (χ2v) is 8.95. The monoisotopic (exact) mass is 538 g/mol. The lowest BCUT2D eigenvalue weighted by Crippen LogP contribution is -2.24. The molecule has 9 nitrogen and oxygen atoms in total. The van der Waals surface area contributed by atoms with E-state index in [0.29, 0.717) is 49.6 Å². The van der Waals surface area contributed by atoms with Crippen LogP contribution in [0.3, 0.4) is 0 Å². The first-order valence-electron chi connectivity index (χ1n) is 11.0. The van der Waals surface area contributed by atoms with Gasteiger partial charge in [0.2, 0.25) is 5.75 Å². The number of nitrogens with one attached hydrogen (secondary N) is 1. The Morgan fingerprint density at radius 2 is 1.73 bits per heavy atom. The average Bonchev–Trinajstić information content (AvgIpc) is 2.92. The number of hydrogen-bond acceptors (Lipinski definition) is 8. The molecule has 0 aliphatic heterocycles. The van der Waals surface area contributed by atoms with Crippen LogP contribution in [0.1, 0.15) is 5.56 Å². The van der Waals surface area contributed by atoms with Crippen LogP contribution in [0.4, 0.5) is 0 Å². The van der Waals surface area contributed by atoms with E-state index in [4.69, 9.17) is 25.8 Å².